The Labute approximate surface area is 118 Å². The van der Waals surface area contributed by atoms with Gasteiger partial charge in [0.1, 0.15) is 12.4 Å². The molecule has 106 valence electrons. The Morgan fingerprint density at radius 3 is 2.95 bits per heavy atom. The molecule has 0 aliphatic carbocycles. The molecule has 0 bridgehead atoms. The second-order valence-corrected chi connectivity index (χ2v) is 5.63. The van der Waals surface area contributed by atoms with Crippen LogP contribution >= 0.6 is 0 Å². The summed E-state index contributed by atoms with van der Waals surface area (Å²) in [6.45, 7) is 4.80. The van der Waals surface area contributed by atoms with Crippen molar-refractivity contribution in [2.24, 2.45) is 11.7 Å². The maximum Gasteiger partial charge on any atom is 0.243 e. The number of rotatable bonds is 4. The van der Waals surface area contributed by atoms with Crippen molar-refractivity contribution in [3.8, 4) is 5.75 Å². The van der Waals surface area contributed by atoms with Crippen LogP contribution in [-0.4, -0.2) is 16.7 Å². The minimum absolute atomic E-state index is 0.0370. The largest absolute Gasteiger partial charge is 0.492 e. The zero-order valence-corrected chi connectivity index (χ0v) is 11.7. The first-order valence-corrected chi connectivity index (χ1v) is 6.96. The third-order valence-corrected chi connectivity index (χ3v) is 3.51. The number of hydrogen-bond donors (Lipinski definition) is 1. The molecule has 1 unspecified atom stereocenters. The molecule has 2 aromatic rings. The van der Waals surface area contributed by atoms with Crippen molar-refractivity contribution >= 4 is 0 Å². The molecule has 5 nitrogen and oxygen atoms in total. The lowest BCUT2D eigenvalue weighted by Gasteiger charge is -2.08. The van der Waals surface area contributed by atoms with Crippen LogP contribution < -0.4 is 10.5 Å². The molecule has 1 aliphatic rings. The van der Waals surface area contributed by atoms with Gasteiger partial charge in [-0.05, 0) is 18.4 Å². The van der Waals surface area contributed by atoms with E-state index in [1.165, 1.54) is 0 Å². The molecule has 0 saturated carbocycles. The van der Waals surface area contributed by atoms with Gasteiger partial charge in [0.25, 0.3) is 0 Å². The van der Waals surface area contributed by atoms with E-state index in [0.717, 1.165) is 17.7 Å². The zero-order valence-electron chi connectivity index (χ0n) is 11.7. The minimum Gasteiger partial charge on any atom is -0.492 e. The van der Waals surface area contributed by atoms with Gasteiger partial charge in [0.05, 0.1) is 12.0 Å². The fourth-order valence-electron chi connectivity index (χ4n) is 2.52. The first-order valence-electron chi connectivity index (χ1n) is 6.96. The van der Waals surface area contributed by atoms with Gasteiger partial charge in [-0.25, -0.2) is 0 Å². The average molecular weight is 273 g/mol. The molecule has 2 N–H and O–H groups in total. The number of fused-ring (bicyclic) bond motifs is 1. The monoisotopic (exact) mass is 273 g/mol. The van der Waals surface area contributed by atoms with E-state index in [9.17, 15) is 0 Å². The van der Waals surface area contributed by atoms with Gasteiger partial charge < -0.3 is 15.0 Å². The SMILES string of the molecule is CC(C)C[C@H](N)c1nc(C2COc3ccccc32)no1. The summed E-state index contributed by atoms with van der Waals surface area (Å²) in [4.78, 5) is 4.46. The Bertz CT molecular complexity index is 594. The summed E-state index contributed by atoms with van der Waals surface area (Å²) < 4.78 is 11.0. The highest BCUT2D eigenvalue weighted by Gasteiger charge is 2.30. The highest BCUT2D eigenvalue weighted by atomic mass is 16.5. The van der Waals surface area contributed by atoms with Crippen molar-refractivity contribution in [3.63, 3.8) is 0 Å². The molecular formula is C15H19N3O2. The van der Waals surface area contributed by atoms with Gasteiger partial charge in [0.15, 0.2) is 5.82 Å². The van der Waals surface area contributed by atoms with E-state index in [2.05, 4.69) is 24.0 Å². The van der Waals surface area contributed by atoms with Gasteiger partial charge in [0.2, 0.25) is 5.89 Å². The Morgan fingerprint density at radius 1 is 1.35 bits per heavy atom. The standard InChI is InChI=1S/C15H19N3O2/c1-9(2)7-12(16)15-17-14(18-20-15)11-8-19-13-6-4-3-5-10(11)13/h3-6,9,11-12H,7-8,16H2,1-2H3/t11?,12-/m0/s1. The molecule has 3 rings (SSSR count). The highest BCUT2D eigenvalue weighted by Crippen LogP contribution is 2.36. The number of hydrogen-bond acceptors (Lipinski definition) is 5. The van der Waals surface area contributed by atoms with Crippen molar-refractivity contribution in [2.45, 2.75) is 32.2 Å². The number of benzene rings is 1. The summed E-state index contributed by atoms with van der Waals surface area (Å²) in [6.07, 6.45) is 0.833. The van der Waals surface area contributed by atoms with E-state index < -0.39 is 0 Å². The van der Waals surface area contributed by atoms with E-state index >= 15 is 0 Å². The second kappa shape index (κ2) is 5.25. The molecule has 0 spiro atoms. The Morgan fingerprint density at radius 2 is 2.15 bits per heavy atom. The molecule has 20 heavy (non-hydrogen) atoms. The lowest BCUT2D eigenvalue weighted by molar-refractivity contribution is 0.321. The lowest BCUT2D eigenvalue weighted by Crippen LogP contribution is -2.13. The van der Waals surface area contributed by atoms with Crippen molar-refractivity contribution in [2.75, 3.05) is 6.61 Å². The van der Waals surface area contributed by atoms with E-state index in [0.29, 0.717) is 24.2 Å². The van der Waals surface area contributed by atoms with Crippen LogP contribution in [0.2, 0.25) is 0 Å². The van der Waals surface area contributed by atoms with Crippen LogP contribution in [0.1, 0.15) is 49.5 Å². The fraction of sp³-hybridized carbons (Fsp3) is 0.467. The van der Waals surface area contributed by atoms with Gasteiger partial charge in [0, 0.05) is 5.56 Å². The maximum atomic E-state index is 6.08. The van der Waals surface area contributed by atoms with Crippen molar-refractivity contribution in [1.82, 2.24) is 10.1 Å². The summed E-state index contributed by atoms with van der Waals surface area (Å²) in [5.41, 5.74) is 7.18. The molecule has 1 aliphatic heterocycles. The van der Waals surface area contributed by atoms with E-state index in [1.54, 1.807) is 0 Å². The van der Waals surface area contributed by atoms with Crippen LogP contribution in [0.25, 0.3) is 0 Å². The highest BCUT2D eigenvalue weighted by molar-refractivity contribution is 5.42. The van der Waals surface area contributed by atoms with Crippen LogP contribution in [0.15, 0.2) is 28.8 Å². The summed E-state index contributed by atoms with van der Waals surface area (Å²) in [6, 6.07) is 7.75. The molecule has 5 heteroatoms. The Hall–Kier alpha value is -1.88. The quantitative estimate of drug-likeness (QED) is 0.927. The van der Waals surface area contributed by atoms with Gasteiger partial charge in [-0.15, -0.1) is 0 Å². The normalized spacial score (nSPS) is 18.9. The molecule has 1 aromatic heterocycles. The van der Waals surface area contributed by atoms with Gasteiger partial charge >= 0.3 is 0 Å². The van der Waals surface area contributed by atoms with Crippen LogP contribution in [0.5, 0.6) is 5.75 Å². The second-order valence-electron chi connectivity index (χ2n) is 5.63. The van der Waals surface area contributed by atoms with Crippen molar-refractivity contribution in [3.05, 3.63) is 41.5 Å². The van der Waals surface area contributed by atoms with Gasteiger partial charge in [-0.2, -0.15) is 4.98 Å². The third kappa shape index (κ3) is 2.41. The molecule has 0 amide bonds. The zero-order chi connectivity index (χ0) is 14.1. The fourth-order valence-corrected chi connectivity index (χ4v) is 2.52. The molecule has 0 saturated heterocycles. The van der Waals surface area contributed by atoms with Gasteiger partial charge in [-0.1, -0.05) is 37.2 Å². The first kappa shape index (κ1) is 13.1. The number of aromatic nitrogens is 2. The molecule has 2 atom stereocenters. The molecule has 0 fully saturated rings. The predicted molar refractivity (Wildman–Crippen MR) is 74.5 cm³/mol. The Kier molecular flexibility index (Phi) is 3.44. The van der Waals surface area contributed by atoms with E-state index in [1.807, 2.05) is 24.3 Å². The smallest absolute Gasteiger partial charge is 0.243 e. The summed E-state index contributed by atoms with van der Waals surface area (Å²) in [7, 11) is 0. The number of para-hydroxylation sites is 1. The molecule has 0 radical (unpaired) electrons. The molecular weight excluding hydrogens is 254 g/mol. The summed E-state index contributed by atoms with van der Waals surface area (Å²) in [5, 5.41) is 4.08. The van der Waals surface area contributed by atoms with Crippen LogP contribution in [-0.2, 0) is 0 Å². The number of ether oxygens (including phenoxy) is 1. The summed E-state index contributed by atoms with van der Waals surface area (Å²) >= 11 is 0. The summed E-state index contributed by atoms with van der Waals surface area (Å²) in [5.74, 6) is 2.60. The lowest BCUT2D eigenvalue weighted by atomic mass is 10.0. The van der Waals surface area contributed by atoms with E-state index in [4.69, 9.17) is 15.0 Å². The number of nitrogens with zero attached hydrogens (tertiary/aromatic N) is 2. The number of nitrogens with two attached hydrogens (primary N) is 1. The Balaban J connectivity index is 1.81. The van der Waals surface area contributed by atoms with Crippen LogP contribution in [0.3, 0.4) is 0 Å². The first-order chi connectivity index (χ1) is 9.65. The third-order valence-electron chi connectivity index (χ3n) is 3.51. The molecule has 2 heterocycles. The van der Waals surface area contributed by atoms with Crippen LogP contribution in [0, 0.1) is 5.92 Å². The van der Waals surface area contributed by atoms with Crippen molar-refractivity contribution in [1.29, 1.82) is 0 Å². The maximum absolute atomic E-state index is 6.08. The van der Waals surface area contributed by atoms with E-state index in [-0.39, 0.29) is 12.0 Å². The van der Waals surface area contributed by atoms with Crippen LogP contribution in [0.4, 0.5) is 0 Å². The molecule has 1 aromatic carbocycles. The average Bonchev–Trinajstić information content (AvgIpc) is 3.04. The minimum atomic E-state index is -0.200. The van der Waals surface area contributed by atoms with Crippen molar-refractivity contribution < 1.29 is 9.26 Å². The predicted octanol–water partition coefficient (Wildman–Crippen LogP) is 2.64. The van der Waals surface area contributed by atoms with Gasteiger partial charge in [-0.3, -0.25) is 0 Å². The topological polar surface area (TPSA) is 74.2 Å².